The summed E-state index contributed by atoms with van der Waals surface area (Å²) in [5.41, 5.74) is 4.49. The molecule has 0 spiro atoms. The number of fused-ring (bicyclic) bond motifs is 5. The minimum Gasteiger partial charge on any atom is -0.458 e. The van der Waals surface area contributed by atoms with Crippen LogP contribution in [-0.4, -0.2) is 23.6 Å². The van der Waals surface area contributed by atoms with Crippen LogP contribution in [-0.2, 0) is 9.47 Å². The average molecular weight is 609 g/mol. The number of carbonyl (C=O) groups is 2. The van der Waals surface area contributed by atoms with Crippen molar-refractivity contribution in [3.05, 3.63) is 95.1 Å². The van der Waals surface area contributed by atoms with Crippen molar-refractivity contribution in [1.82, 2.24) is 0 Å². The van der Waals surface area contributed by atoms with Gasteiger partial charge in [-0.15, -0.1) is 0 Å². The zero-order chi connectivity index (χ0) is 31.8. The number of carbonyl (C=O) groups excluding carboxylic acids is 2. The van der Waals surface area contributed by atoms with Gasteiger partial charge in [-0.1, -0.05) is 86.9 Å². The monoisotopic (exact) mass is 608 g/mol. The highest BCUT2D eigenvalue weighted by molar-refractivity contribution is 5.90. The highest BCUT2D eigenvalue weighted by atomic mass is 16.6. The second-order valence-corrected chi connectivity index (χ2v) is 15.6. The van der Waals surface area contributed by atoms with E-state index in [1.165, 1.54) is 37.7 Å². The van der Waals surface area contributed by atoms with Crippen molar-refractivity contribution >= 4 is 11.9 Å². The Morgan fingerprint density at radius 1 is 0.844 bits per heavy atom. The van der Waals surface area contributed by atoms with E-state index < -0.39 is 5.60 Å². The summed E-state index contributed by atoms with van der Waals surface area (Å²) in [6, 6.07) is 18.7. The van der Waals surface area contributed by atoms with Crippen LogP contribution in [0.3, 0.4) is 0 Å². The summed E-state index contributed by atoms with van der Waals surface area (Å²) in [5, 5.41) is 0. The molecule has 0 amide bonds. The van der Waals surface area contributed by atoms with Gasteiger partial charge in [0, 0.05) is 6.42 Å². The van der Waals surface area contributed by atoms with Crippen molar-refractivity contribution in [3.8, 4) is 0 Å². The Morgan fingerprint density at radius 3 is 2.20 bits per heavy atom. The molecule has 0 radical (unpaired) electrons. The summed E-state index contributed by atoms with van der Waals surface area (Å²) >= 11 is 0. The van der Waals surface area contributed by atoms with Crippen LogP contribution in [0.4, 0.5) is 0 Å². The maximum atomic E-state index is 12.8. The maximum absolute atomic E-state index is 12.8. The summed E-state index contributed by atoms with van der Waals surface area (Å²) in [7, 11) is 0. The smallest absolute Gasteiger partial charge is 0.338 e. The van der Waals surface area contributed by atoms with E-state index in [2.05, 4.69) is 32.9 Å². The first-order valence-corrected chi connectivity index (χ1v) is 17.5. The molecule has 0 aliphatic heterocycles. The van der Waals surface area contributed by atoms with Gasteiger partial charge in [0.05, 0.1) is 11.1 Å². The van der Waals surface area contributed by atoms with Gasteiger partial charge in [0.15, 0.2) is 0 Å². The van der Waals surface area contributed by atoms with E-state index in [1.807, 2.05) is 74.5 Å². The van der Waals surface area contributed by atoms with Gasteiger partial charge >= 0.3 is 11.9 Å². The average Bonchev–Trinajstić information content (AvgIpc) is 3.39. The Labute approximate surface area is 270 Å². The van der Waals surface area contributed by atoms with Crippen LogP contribution in [0.15, 0.2) is 84.0 Å². The SMILES string of the molecule is C[C@H](CCCC(C)(C)OC(=O)c1ccccc1)[C@@H]1CC[C@@H]2C3=CC=C4C[C@H](OC(=O)c5ccccc5)CC[C@]4(C)[C@@H]3CC[C@]21C. The lowest BCUT2D eigenvalue weighted by molar-refractivity contribution is -0.00745. The summed E-state index contributed by atoms with van der Waals surface area (Å²) in [4.78, 5) is 25.4. The van der Waals surface area contributed by atoms with E-state index in [0.29, 0.717) is 34.3 Å². The zero-order valence-electron chi connectivity index (χ0n) is 28.0. The fourth-order valence-corrected chi connectivity index (χ4v) is 9.82. The van der Waals surface area contributed by atoms with Crippen molar-refractivity contribution in [1.29, 1.82) is 0 Å². The maximum Gasteiger partial charge on any atom is 0.338 e. The first-order valence-electron chi connectivity index (χ1n) is 17.5. The van der Waals surface area contributed by atoms with Crippen LogP contribution in [0.1, 0.15) is 120 Å². The van der Waals surface area contributed by atoms with Gasteiger partial charge in [0.2, 0.25) is 0 Å². The van der Waals surface area contributed by atoms with Crippen molar-refractivity contribution in [2.24, 2.45) is 34.5 Å². The molecule has 2 aromatic carbocycles. The fourth-order valence-electron chi connectivity index (χ4n) is 9.82. The molecule has 7 atom stereocenters. The molecule has 4 nitrogen and oxygen atoms in total. The number of esters is 2. The molecule has 4 aliphatic carbocycles. The Morgan fingerprint density at radius 2 is 1.51 bits per heavy atom. The molecule has 6 rings (SSSR count). The molecule has 0 bridgehead atoms. The minimum atomic E-state index is -0.474. The quantitative estimate of drug-likeness (QED) is 0.266. The number of rotatable bonds is 9. The summed E-state index contributed by atoms with van der Waals surface area (Å²) in [6.45, 7) is 11.7. The molecule has 4 aliphatic rings. The van der Waals surface area contributed by atoms with Gasteiger partial charge in [-0.3, -0.25) is 0 Å². The predicted octanol–water partition coefficient (Wildman–Crippen LogP) is 10.2. The number of hydrogen-bond acceptors (Lipinski definition) is 4. The molecular weight excluding hydrogens is 556 g/mol. The topological polar surface area (TPSA) is 52.6 Å². The van der Waals surface area contributed by atoms with Crippen LogP contribution in [0.2, 0.25) is 0 Å². The molecule has 240 valence electrons. The largest absolute Gasteiger partial charge is 0.458 e. The lowest BCUT2D eigenvalue weighted by Crippen LogP contribution is -2.46. The van der Waals surface area contributed by atoms with Crippen LogP contribution < -0.4 is 0 Å². The van der Waals surface area contributed by atoms with E-state index in [0.717, 1.165) is 38.0 Å². The summed E-state index contributed by atoms with van der Waals surface area (Å²) in [6.07, 6.45) is 16.0. The van der Waals surface area contributed by atoms with Gasteiger partial charge < -0.3 is 9.47 Å². The zero-order valence-corrected chi connectivity index (χ0v) is 28.0. The third-order valence-corrected chi connectivity index (χ3v) is 12.4. The van der Waals surface area contributed by atoms with Crippen molar-refractivity contribution in [2.75, 3.05) is 0 Å². The van der Waals surface area contributed by atoms with E-state index in [-0.39, 0.29) is 23.5 Å². The van der Waals surface area contributed by atoms with Crippen LogP contribution in [0, 0.1) is 34.5 Å². The predicted molar refractivity (Wildman–Crippen MR) is 180 cm³/mol. The number of ether oxygens (including phenoxy) is 2. The third kappa shape index (κ3) is 6.31. The molecule has 0 unspecified atom stereocenters. The summed E-state index contributed by atoms with van der Waals surface area (Å²) in [5.74, 6) is 2.22. The van der Waals surface area contributed by atoms with E-state index in [1.54, 1.807) is 5.57 Å². The van der Waals surface area contributed by atoms with Crippen LogP contribution in [0.25, 0.3) is 0 Å². The molecular formula is C41H52O4. The molecule has 0 saturated heterocycles. The highest BCUT2D eigenvalue weighted by Gasteiger charge is 2.57. The van der Waals surface area contributed by atoms with E-state index in [9.17, 15) is 9.59 Å². The molecule has 45 heavy (non-hydrogen) atoms. The van der Waals surface area contributed by atoms with Crippen molar-refractivity contribution in [3.63, 3.8) is 0 Å². The van der Waals surface area contributed by atoms with E-state index in [4.69, 9.17) is 9.47 Å². The summed E-state index contributed by atoms with van der Waals surface area (Å²) < 4.78 is 11.9. The number of benzene rings is 2. The molecule has 0 heterocycles. The molecule has 4 heteroatoms. The lowest BCUT2D eigenvalue weighted by Gasteiger charge is -2.55. The third-order valence-electron chi connectivity index (χ3n) is 12.4. The van der Waals surface area contributed by atoms with Crippen LogP contribution in [0.5, 0.6) is 0 Å². The van der Waals surface area contributed by atoms with Crippen molar-refractivity contribution in [2.45, 2.75) is 111 Å². The Bertz CT molecular complexity index is 1440. The van der Waals surface area contributed by atoms with Gasteiger partial charge in [0.25, 0.3) is 0 Å². The van der Waals surface area contributed by atoms with E-state index >= 15 is 0 Å². The molecule has 3 fully saturated rings. The molecule has 3 saturated carbocycles. The Hall–Kier alpha value is -3.14. The number of hydrogen-bond donors (Lipinski definition) is 0. The Kier molecular flexibility index (Phi) is 8.89. The van der Waals surface area contributed by atoms with Crippen LogP contribution >= 0.6 is 0 Å². The van der Waals surface area contributed by atoms with Crippen molar-refractivity contribution < 1.29 is 19.1 Å². The van der Waals surface area contributed by atoms with Gasteiger partial charge in [-0.05, 0) is 124 Å². The molecule has 0 aromatic heterocycles. The van der Waals surface area contributed by atoms with Gasteiger partial charge in [-0.25, -0.2) is 9.59 Å². The molecule has 0 N–H and O–H groups in total. The molecule has 2 aromatic rings. The Balaban J connectivity index is 1.07. The number of allylic oxidation sites excluding steroid dienone is 3. The second kappa shape index (κ2) is 12.6. The van der Waals surface area contributed by atoms with Gasteiger partial charge in [-0.2, -0.15) is 0 Å². The minimum absolute atomic E-state index is 0.0376. The standard InChI is InChI=1S/C41H52O4/c1-28(13-12-24-39(2,3)45-38(43)30-16-10-7-11-17-30)34-20-21-35-33-19-18-31-27-32(44-37(42)29-14-8-6-9-15-29)22-25-40(31,4)36(33)23-26-41(34,35)5/h6-11,14-19,28,32,34-36H,12-13,20-27H2,1-5H3/t28-,32-,34+,35-,36-,40+,41+/m1/s1. The first-order chi connectivity index (χ1) is 21.5. The second-order valence-electron chi connectivity index (χ2n) is 15.6. The normalized spacial score (nSPS) is 31.4. The highest BCUT2D eigenvalue weighted by Crippen LogP contribution is 2.66. The first kappa shape index (κ1) is 31.8. The van der Waals surface area contributed by atoms with Gasteiger partial charge in [0.1, 0.15) is 11.7 Å². The fraction of sp³-hybridized carbons (Fsp3) is 0.561. The lowest BCUT2D eigenvalue weighted by atomic mass is 9.50.